The van der Waals surface area contributed by atoms with Gasteiger partial charge in [-0.2, -0.15) is 5.26 Å². The van der Waals surface area contributed by atoms with Crippen LogP contribution in [0.4, 0.5) is 11.4 Å². The van der Waals surface area contributed by atoms with E-state index in [-0.39, 0.29) is 29.3 Å². The Balaban J connectivity index is 1.78. The third-order valence-electron chi connectivity index (χ3n) is 5.03. The van der Waals surface area contributed by atoms with Gasteiger partial charge in [-0.05, 0) is 43.7 Å². The molecule has 1 saturated heterocycles. The number of nitriles is 1. The number of rotatable bonds is 5. The summed E-state index contributed by atoms with van der Waals surface area (Å²) in [5, 5.41) is 20.2. The third-order valence-corrected chi connectivity index (χ3v) is 5.03. The molecule has 0 N–H and O–H groups in total. The number of nitrogens with zero attached hydrogens (tertiary/aromatic N) is 4. The van der Waals surface area contributed by atoms with Crippen LogP contribution < -0.4 is 4.90 Å². The molecule has 0 aromatic heterocycles. The Labute approximate surface area is 179 Å². The maximum absolute atomic E-state index is 13.1. The molecule has 2 aromatic rings. The van der Waals surface area contributed by atoms with E-state index in [0.29, 0.717) is 31.6 Å². The second kappa shape index (κ2) is 9.71. The standard InChI is InChI=1S/C22H22N4O5/c1-2-31-22(28)18-12-17(13-20(14-18)26(29)30)21(27)25-9-3-8-24(10-11-25)19-6-4-16(15-23)5-7-19/h4-7,12-14H,2-3,8-11H2,1H3. The lowest BCUT2D eigenvalue weighted by molar-refractivity contribution is -0.384. The van der Waals surface area contributed by atoms with Crippen molar-refractivity contribution < 1.29 is 19.2 Å². The van der Waals surface area contributed by atoms with Gasteiger partial charge in [0.05, 0.1) is 28.7 Å². The smallest absolute Gasteiger partial charge is 0.338 e. The first kappa shape index (κ1) is 21.8. The summed E-state index contributed by atoms with van der Waals surface area (Å²) in [6.07, 6.45) is 0.714. The molecule has 31 heavy (non-hydrogen) atoms. The highest BCUT2D eigenvalue weighted by Gasteiger charge is 2.24. The van der Waals surface area contributed by atoms with Gasteiger partial charge in [0.1, 0.15) is 0 Å². The zero-order valence-electron chi connectivity index (χ0n) is 17.1. The van der Waals surface area contributed by atoms with Crippen LogP contribution in [0.15, 0.2) is 42.5 Å². The first-order valence-corrected chi connectivity index (χ1v) is 9.94. The minimum Gasteiger partial charge on any atom is -0.462 e. The normalized spacial score (nSPS) is 13.8. The highest BCUT2D eigenvalue weighted by molar-refractivity contribution is 5.99. The van der Waals surface area contributed by atoms with Gasteiger partial charge in [0.15, 0.2) is 0 Å². The summed E-state index contributed by atoms with van der Waals surface area (Å²) in [4.78, 5) is 39.6. The van der Waals surface area contributed by atoms with Crippen molar-refractivity contribution in [2.45, 2.75) is 13.3 Å². The van der Waals surface area contributed by atoms with E-state index in [2.05, 4.69) is 11.0 Å². The van der Waals surface area contributed by atoms with E-state index in [1.54, 1.807) is 24.0 Å². The molecular formula is C22H22N4O5. The predicted octanol–water partition coefficient (Wildman–Crippen LogP) is 3.00. The van der Waals surface area contributed by atoms with Crippen molar-refractivity contribution in [3.8, 4) is 6.07 Å². The number of nitro benzene ring substituents is 1. The molecule has 0 bridgehead atoms. The van der Waals surface area contributed by atoms with E-state index in [1.807, 2.05) is 12.1 Å². The number of ether oxygens (including phenoxy) is 1. The molecule has 0 unspecified atom stereocenters. The predicted molar refractivity (Wildman–Crippen MR) is 113 cm³/mol. The second-order valence-corrected chi connectivity index (χ2v) is 7.04. The zero-order valence-corrected chi connectivity index (χ0v) is 17.1. The number of nitro groups is 1. The average Bonchev–Trinajstić information content (AvgIpc) is 3.05. The maximum atomic E-state index is 13.1. The fourth-order valence-corrected chi connectivity index (χ4v) is 3.48. The number of amides is 1. The van der Waals surface area contributed by atoms with Gasteiger partial charge in [-0.3, -0.25) is 14.9 Å². The molecule has 1 aliphatic heterocycles. The number of benzene rings is 2. The van der Waals surface area contributed by atoms with Crippen molar-refractivity contribution in [1.29, 1.82) is 5.26 Å². The van der Waals surface area contributed by atoms with Gasteiger partial charge in [-0.15, -0.1) is 0 Å². The number of carbonyl (C=O) groups excluding carboxylic acids is 2. The van der Waals surface area contributed by atoms with Gasteiger partial charge in [-0.1, -0.05) is 0 Å². The van der Waals surface area contributed by atoms with Crippen LogP contribution >= 0.6 is 0 Å². The molecule has 1 fully saturated rings. The molecule has 9 heteroatoms. The number of carbonyl (C=O) groups is 2. The number of anilines is 1. The Kier molecular flexibility index (Phi) is 6.82. The molecule has 0 atom stereocenters. The fraction of sp³-hybridized carbons (Fsp3) is 0.318. The summed E-state index contributed by atoms with van der Waals surface area (Å²) in [5.41, 5.74) is 1.28. The largest absolute Gasteiger partial charge is 0.462 e. The number of hydrogen-bond donors (Lipinski definition) is 0. The van der Waals surface area contributed by atoms with E-state index in [4.69, 9.17) is 10.00 Å². The van der Waals surface area contributed by atoms with E-state index >= 15 is 0 Å². The second-order valence-electron chi connectivity index (χ2n) is 7.04. The maximum Gasteiger partial charge on any atom is 0.338 e. The van der Waals surface area contributed by atoms with Crippen LogP contribution in [0.3, 0.4) is 0 Å². The first-order chi connectivity index (χ1) is 14.9. The first-order valence-electron chi connectivity index (χ1n) is 9.94. The topological polar surface area (TPSA) is 117 Å². The molecule has 1 aliphatic rings. The van der Waals surface area contributed by atoms with E-state index in [9.17, 15) is 19.7 Å². The quantitative estimate of drug-likeness (QED) is 0.413. The van der Waals surface area contributed by atoms with Gasteiger partial charge in [0.25, 0.3) is 11.6 Å². The Hall–Kier alpha value is -3.93. The minimum atomic E-state index is -0.705. The summed E-state index contributed by atoms with van der Waals surface area (Å²) in [6.45, 7) is 4.00. The van der Waals surface area contributed by atoms with Crippen LogP contribution in [0.2, 0.25) is 0 Å². The van der Waals surface area contributed by atoms with Crippen LogP contribution in [0.25, 0.3) is 0 Å². The van der Waals surface area contributed by atoms with Crippen molar-refractivity contribution >= 4 is 23.3 Å². The molecular weight excluding hydrogens is 400 g/mol. The summed E-state index contributed by atoms with van der Waals surface area (Å²) in [7, 11) is 0. The van der Waals surface area contributed by atoms with Crippen LogP contribution in [-0.4, -0.2) is 54.5 Å². The van der Waals surface area contributed by atoms with Crippen LogP contribution in [0.5, 0.6) is 0 Å². The van der Waals surface area contributed by atoms with Gasteiger partial charge >= 0.3 is 5.97 Å². The Morgan fingerprint density at radius 1 is 1.10 bits per heavy atom. The fourth-order valence-electron chi connectivity index (χ4n) is 3.48. The Morgan fingerprint density at radius 3 is 2.45 bits per heavy atom. The molecule has 0 aliphatic carbocycles. The lowest BCUT2D eigenvalue weighted by Gasteiger charge is -2.24. The number of esters is 1. The van der Waals surface area contributed by atoms with E-state index in [1.165, 1.54) is 12.1 Å². The van der Waals surface area contributed by atoms with E-state index < -0.39 is 10.9 Å². The van der Waals surface area contributed by atoms with Crippen molar-refractivity contribution in [3.63, 3.8) is 0 Å². The van der Waals surface area contributed by atoms with Gasteiger partial charge < -0.3 is 14.5 Å². The SMILES string of the molecule is CCOC(=O)c1cc(C(=O)N2CCCN(c3ccc(C#N)cc3)CC2)cc([N+](=O)[O-])c1. The molecule has 160 valence electrons. The van der Waals surface area contributed by atoms with Crippen molar-refractivity contribution in [3.05, 3.63) is 69.3 Å². The highest BCUT2D eigenvalue weighted by atomic mass is 16.6. The molecule has 0 saturated carbocycles. The van der Waals surface area contributed by atoms with Crippen LogP contribution in [0.1, 0.15) is 39.6 Å². The zero-order chi connectivity index (χ0) is 22.4. The molecule has 0 radical (unpaired) electrons. The average molecular weight is 422 g/mol. The van der Waals surface area contributed by atoms with Crippen molar-refractivity contribution in [1.82, 2.24) is 4.90 Å². The number of hydrogen-bond acceptors (Lipinski definition) is 7. The minimum absolute atomic E-state index is 0.0200. The van der Waals surface area contributed by atoms with Gasteiger partial charge in [0.2, 0.25) is 0 Å². The van der Waals surface area contributed by atoms with Crippen molar-refractivity contribution in [2.24, 2.45) is 0 Å². The molecule has 2 aromatic carbocycles. The molecule has 1 heterocycles. The lowest BCUT2D eigenvalue weighted by atomic mass is 10.1. The van der Waals surface area contributed by atoms with Crippen LogP contribution in [0, 0.1) is 21.4 Å². The van der Waals surface area contributed by atoms with E-state index in [0.717, 1.165) is 18.3 Å². The van der Waals surface area contributed by atoms with Gasteiger partial charge in [-0.25, -0.2) is 4.79 Å². The van der Waals surface area contributed by atoms with Gasteiger partial charge in [0, 0.05) is 49.6 Å². The molecule has 9 nitrogen and oxygen atoms in total. The molecule has 0 spiro atoms. The summed E-state index contributed by atoms with van der Waals surface area (Å²) < 4.78 is 4.93. The van der Waals surface area contributed by atoms with Crippen LogP contribution in [-0.2, 0) is 4.74 Å². The highest BCUT2D eigenvalue weighted by Crippen LogP contribution is 2.22. The molecule has 1 amide bonds. The van der Waals surface area contributed by atoms with Crippen molar-refractivity contribution in [2.75, 3.05) is 37.7 Å². The lowest BCUT2D eigenvalue weighted by Crippen LogP contribution is -2.35. The Bertz CT molecular complexity index is 1030. The monoisotopic (exact) mass is 422 g/mol. The third kappa shape index (κ3) is 5.17. The summed E-state index contributed by atoms with van der Waals surface area (Å²) >= 11 is 0. The number of non-ortho nitro benzene ring substituents is 1. The molecule has 3 rings (SSSR count). The Morgan fingerprint density at radius 2 is 1.81 bits per heavy atom. The summed E-state index contributed by atoms with van der Waals surface area (Å²) in [5.74, 6) is -1.07. The summed E-state index contributed by atoms with van der Waals surface area (Å²) in [6, 6.07) is 13.0.